The largest absolute Gasteiger partial charge is 0.375 e. The van der Waals surface area contributed by atoms with Gasteiger partial charge < -0.3 is 14.8 Å². The summed E-state index contributed by atoms with van der Waals surface area (Å²) in [6.07, 6.45) is 5.95. The summed E-state index contributed by atoms with van der Waals surface area (Å²) >= 11 is 0. The number of rotatable bonds is 18. The number of carbonyl (C=O) groups is 1. The molecule has 0 radical (unpaired) electrons. The molecule has 1 atom stereocenters. The van der Waals surface area contributed by atoms with Crippen molar-refractivity contribution >= 4 is 12.1 Å². The third-order valence-corrected chi connectivity index (χ3v) is 6.39. The number of aliphatic imine (C=N–C) groups is 1. The Kier molecular flexibility index (Phi) is 13.6. The molecule has 0 aliphatic heterocycles. The zero-order valence-corrected chi connectivity index (χ0v) is 23.1. The average Bonchev–Trinajstić information content (AvgIpc) is 2.69. The molecular weight excluding hydrogens is 416 g/mol. The van der Waals surface area contributed by atoms with Gasteiger partial charge in [-0.1, -0.05) is 41.0 Å². The monoisotopic (exact) mass is 468 g/mol. The molecule has 0 heterocycles. The molecular formula is C26H52N4O3. The van der Waals surface area contributed by atoms with Crippen molar-refractivity contribution in [2.45, 2.75) is 119 Å². The molecule has 1 amide bonds. The average molecular weight is 469 g/mol. The van der Waals surface area contributed by atoms with E-state index < -0.39 is 11.0 Å². The van der Waals surface area contributed by atoms with Crippen LogP contribution in [-0.4, -0.2) is 55.7 Å². The van der Waals surface area contributed by atoms with Crippen LogP contribution in [0.25, 0.3) is 0 Å². The standard InChI is InChI=1S/C26H52N4O3/c1-11-23(3,4)14-17-32-25(7,8)13-16-28-20-21(30-27)19-26(9,10)33-18-15-24(5,6)22(31)29-12-2/h20-21,27H,11-19H2,1-10H3,(H,29,31). The van der Waals surface area contributed by atoms with E-state index in [1.54, 1.807) is 6.21 Å². The molecule has 7 nitrogen and oxygen atoms in total. The van der Waals surface area contributed by atoms with Gasteiger partial charge in [0.2, 0.25) is 5.91 Å². The second kappa shape index (κ2) is 14.1. The van der Waals surface area contributed by atoms with Crippen LogP contribution in [-0.2, 0) is 14.3 Å². The van der Waals surface area contributed by atoms with E-state index in [2.05, 4.69) is 50.0 Å². The van der Waals surface area contributed by atoms with Gasteiger partial charge in [-0.15, -0.1) is 0 Å². The topological polar surface area (TPSA) is 96.1 Å². The van der Waals surface area contributed by atoms with Gasteiger partial charge in [-0.2, -0.15) is 5.11 Å². The van der Waals surface area contributed by atoms with Crippen molar-refractivity contribution in [2.24, 2.45) is 20.9 Å². The summed E-state index contributed by atoms with van der Waals surface area (Å²) in [5.74, 6) is 0.0403. The third kappa shape index (κ3) is 14.5. The number of nitrogens with zero attached hydrogens (tertiary/aromatic N) is 2. The van der Waals surface area contributed by atoms with Gasteiger partial charge in [0, 0.05) is 44.4 Å². The van der Waals surface area contributed by atoms with Crippen LogP contribution in [0, 0.1) is 16.4 Å². The number of hydrogen-bond acceptors (Lipinski definition) is 6. The lowest BCUT2D eigenvalue weighted by atomic mass is 9.87. The third-order valence-electron chi connectivity index (χ3n) is 6.39. The molecule has 7 heteroatoms. The molecule has 0 rings (SSSR count). The second-order valence-corrected chi connectivity index (χ2v) is 11.7. The van der Waals surface area contributed by atoms with Crippen molar-refractivity contribution in [3.05, 3.63) is 0 Å². The van der Waals surface area contributed by atoms with Gasteiger partial charge in [0.05, 0.1) is 11.2 Å². The van der Waals surface area contributed by atoms with Crippen LogP contribution >= 0.6 is 0 Å². The first-order valence-corrected chi connectivity index (χ1v) is 12.5. The van der Waals surface area contributed by atoms with Crippen LogP contribution in [0.2, 0.25) is 0 Å². The Morgan fingerprint density at radius 2 is 1.52 bits per heavy atom. The van der Waals surface area contributed by atoms with Gasteiger partial charge >= 0.3 is 0 Å². The maximum atomic E-state index is 12.1. The van der Waals surface area contributed by atoms with Crippen LogP contribution in [0.1, 0.15) is 101 Å². The smallest absolute Gasteiger partial charge is 0.225 e. The van der Waals surface area contributed by atoms with E-state index in [0.29, 0.717) is 38.0 Å². The number of nitrogens with one attached hydrogen (secondary N) is 2. The number of ether oxygens (including phenoxy) is 2. The summed E-state index contributed by atoms with van der Waals surface area (Å²) in [5, 5.41) is 6.60. The number of hydrogen-bond donors (Lipinski definition) is 2. The van der Waals surface area contributed by atoms with E-state index in [1.807, 2.05) is 34.6 Å². The van der Waals surface area contributed by atoms with E-state index in [4.69, 9.17) is 15.0 Å². The van der Waals surface area contributed by atoms with Gasteiger partial charge in [0.1, 0.15) is 6.04 Å². The first-order chi connectivity index (χ1) is 15.1. The molecule has 0 aliphatic rings. The van der Waals surface area contributed by atoms with Crippen molar-refractivity contribution in [1.82, 2.24) is 5.32 Å². The predicted octanol–water partition coefficient (Wildman–Crippen LogP) is 6.21. The van der Waals surface area contributed by atoms with Crippen LogP contribution in [0.4, 0.5) is 0 Å². The highest BCUT2D eigenvalue weighted by Gasteiger charge is 2.29. The fourth-order valence-electron chi connectivity index (χ4n) is 3.17. The van der Waals surface area contributed by atoms with E-state index in [9.17, 15) is 4.79 Å². The van der Waals surface area contributed by atoms with Crippen molar-refractivity contribution in [3.8, 4) is 0 Å². The zero-order valence-electron chi connectivity index (χ0n) is 23.1. The summed E-state index contributed by atoms with van der Waals surface area (Å²) in [6.45, 7) is 23.2. The molecule has 2 N–H and O–H groups in total. The Morgan fingerprint density at radius 3 is 2.06 bits per heavy atom. The summed E-state index contributed by atoms with van der Waals surface area (Å²) < 4.78 is 12.2. The Bertz CT molecular complexity index is 613. The molecule has 0 saturated heterocycles. The van der Waals surface area contributed by atoms with Crippen LogP contribution in [0.15, 0.2) is 10.1 Å². The van der Waals surface area contributed by atoms with Gasteiger partial charge in [0.15, 0.2) is 0 Å². The SMILES string of the molecule is CCNC(=O)C(C)(C)CCOC(C)(C)CC(C=NCCC(C)(C)OCCC(C)(C)CC)N=N. The maximum absolute atomic E-state index is 12.1. The van der Waals surface area contributed by atoms with Crippen molar-refractivity contribution in [1.29, 1.82) is 5.53 Å². The molecule has 0 aromatic rings. The van der Waals surface area contributed by atoms with Crippen molar-refractivity contribution in [3.63, 3.8) is 0 Å². The minimum absolute atomic E-state index is 0.0403. The molecule has 0 aliphatic carbocycles. The minimum atomic E-state index is -0.478. The van der Waals surface area contributed by atoms with Crippen molar-refractivity contribution in [2.75, 3.05) is 26.3 Å². The Balaban J connectivity index is 4.50. The quantitative estimate of drug-likeness (QED) is 0.185. The second-order valence-electron chi connectivity index (χ2n) is 11.7. The number of carbonyl (C=O) groups excluding carboxylic acids is 1. The molecule has 0 spiro atoms. The molecule has 33 heavy (non-hydrogen) atoms. The lowest BCUT2D eigenvalue weighted by Gasteiger charge is -2.30. The molecule has 0 aromatic carbocycles. The lowest BCUT2D eigenvalue weighted by Crippen LogP contribution is -2.38. The van der Waals surface area contributed by atoms with Crippen molar-refractivity contribution < 1.29 is 14.3 Å². The Hall–Kier alpha value is -1.34. The van der Waals surface area contributed by atoms with E-state index in [-0.39, 0.29) is 17.6 Å². The molecule has 194 valence electrons. The molecule has 1 unspecified atom stereocenters. The molecule has 0 bridgehead atoms. The maximum Gasteiger partial charge on any atom is 0.225 e. The summed E-state index contributed by atoms with van der Waals surface area (Å²) in [5.41, 5.74) is 6.68. The van der Waals surface area contributed by atoms with Crippen LogP contribution in [0.5, 0.6) is 0 Å². The zero-order chi connectivity index (χ0) is 25.8. The minimum Gasteiger partial charge on any atom is -0.375 e. The fourth-order valence-corrected chi connectivity index (χ4v) is 3.17. The van der Waals surface area contributed by atoms with Crippen LogP contribution < -0.4 is 5.32 Å². The van der Waals surface area contributed by atoms with E-state index in [0.717, 1.165) is 25.9 Å². The first kappa shape index (κ1) is 31.7. The predicted molar refractivity (Wildman–Crippen MR) is 137 cm³/mol. The summed E-state index contributed by atoms with van der Waals surface area (Å²) in [7, 11) is 0. The van der Waals surface area contributed by atoms with Gasteiger partial charge in [0.25, 0.3) is 0 Å². The summed E-state index contributed by atoms with van der Waals surface area (Å²) in [4.78, 5) is 16.7. The summed E-state index contributed by atoms with van der Waals surface area (Å²) in [6, 6.07) is -0.328. The highest BCUT2D eigenvalue weighted by atomic mass is 16.5. The number of amides is 1. The highest BCUT2D eigenvalue weighted by Crippen LogP contribution is 2.26. The highest BCUT2D eigenvalue weighted by molar-refractivity contribution is 5.81. The lowest BCUT2D eigenvalue weighted by molar-refractivity contribution is -0.131. The van der Waals surface area contributed by atoms with Gasteiger partial charge in [-0.25, -0.2) is 5.53 Å². The van der Waals surface area contributed by atoms with Gasteiger partial charge in [-0.05, 0) is 59.3 Å². The molecule has 0 saturated carbocycles. The normalized spacial score (nSPS) is 14.5. The van der Waals surface area contributed by atoms with Crippen LogP contribution in [0.3, 0.4) is 0 Å². The Morgan fingerprint density at radius 1 is 0.939 bits per heavy atom. The first-order valence-electron chi connectivity index (χ1n) is 12.5. The Labute approximate surface area is 203 Å². The van der Waals surface area contributed by atoms with E-state index >= 15 is 0 Å². The molecule has 0 aromatic heterocycles. The van der Waals surface area contributed by atoms with E-state index in [1.165, 1.54) is 0 Å². The van der Waals surface area contributed by atoms with Gasteiger partial charge in [-0.3, -0.25) is 9.79 Å². The molecule has 0 fully saturated rings. The fraction of sp³-hybridized carbons (Fsp3) is 0.923.